The third-order valence-corrected chi connectivity index (χ3v) is 5.93. The first-order valence-electron chi connectivity index (χ1n) is 9.87. The summed E-state index contributed by atoms with van der Waals surface area (Å²) in [6.45, 7) is 1.33. The molecule has 0 saturated carbocycles. The van der Waals surface area contributed by atoms with Crippen LogP contribution in [0.3, 0.4) is 0 Å². The number of rotatable bonds is 7. The second-order valence-electron chi connectivity index (χ2n) is 6.94. The van der Waals surface area contributed by atoms with Crippen molar-refractivity contribution in [1.82, 2.24) is 10.6 Å². The van der Waals surface area contributed by atoms with Crippen LogP contribution < -0.4 is 20.1 Å². The van der Waals surface area contributed by atoms with Gasteiger partial charge in [-0.1, -0.05) is 48.0 Å². The van der Waals surface area contributed by atoms with Gasteiger partial charge >= 0.3 is 0 Å². The van der Waals surface area contributed by atoms with Gasteiger partial charge in [0.05, 0.1) is 9.90 Å². The number of halogens is 1. The Kier molecular flexibility index (Phi) is 6.74. The van der Waals surface area contributed by atoms with Crippen molar-refractivity contribution >= 4 is 34.8 Å². The van der Waals surface area contributed by atoms with Gasteiger partial charge in [0.2, 0.25) is 5.91 Å². The molecular formula is C23H21ClN2O4S. The Hall–Kier alpha value is -3.03. The van der Waals surface area contributed by atoms with Crippen LogP contribution in [0, 0.1) is 0 Å². The summed E-state index contributed by atoms with van der Waals surface area (Å²) in [5.41, 5.74) is 1.64. The molecule has 2 heterocycles. The van der Waals surface area contributed by atoms with Crippen molar-refractivity contribution in [3.05, 3.63) is 81.0 Å². The third kappa shape index (κ3) is 5.18. The van der Waals surface area contributed by atoms with Crippen molar-refractivity contribution in [3.8, 4) is 11.5 Å². The first-order valence-corrected chi connectivity index (χ1v) is 11.1. The van der Waals surface area contributed by atoms with Gasteiger partial charge < -0.3 is 20.1 Å². The quantitative estimate of drug-likeness (QED) is 0.563. The van der Waals surface area contributed by atoms with Gasteiger partial charge in [-0.2, -0.15) is 0 Å². The van der Waals surface area contributed by atoms with Gasteiger partial charge in [0.25, 0.3) is 5.91 Å². The van der Waals surface area contributed by atoms with Crippen LogP contribution in [0.4, 0.5) is 0 Å². The second-order valence-corrected chi connectivity index (χ2v) is 8.29. The van der Waals surface area contributed by atoms with E-state index in [-0.39, 0.29) is 11.8 Å². The van der Waals surface area contributed by atoms with Crippen molar-refractivity contribution in [2.75, 3.05) is 19.8 Å². The van der Waals surface area contributed by atoms with E-state index in [4.69, 9.17) is 21.1 Å². The largest absolute Gasteiger partial charge is 0.486 e. The summed E-state index contributed by atoms with van der Waals surface area (Å²) >= 11 is 7.62. The molecule has 160 valence electrons. The van der Waals surface area contributed by atoms with Crippen molar-refractivity contribution in [1.29, 1.82) is 0 Å². The monoisotopic (exact) mass is 456 g/mol. The molecule has 0 saturated heterocycles. The summed E-state index contributed by atoms with van der Waals surface area (Å²) in [6.07, 6.45) is 0.558. The molecule has 31 heavy (non-hydrogen) atoms. The number of amides is 2. The van der Waals surface area contributed by atoms with Crippen molar-refractivity contribution in [2.24, 2.45) is 0 Å². The van der Waals surface area contributed by atoms with E-state index >= 15 is 0 Å². The molecule has 0 spiro atoms. The van der Waals surface area contributed by atoms with Gasteiger partial charge in [-0.15, -0.1) is 11.3 Å². The highest BCUT2D eigenvalue weighted by molar-refractivity contribution is 7.12. The highest BCUT2D eigenvalue weighted by Gasteiger charge is 2.23. The Labute approximate surface area is 189 Å². The van der Waals surface area contributed by atoms with Crippen LogP contribution in [0.1, 0.15) is 26.8 Å². The standard InChI is InChI=1S/C23H21ClN2O4S/c24-17-13-15(14-18-21(17)30-11-10-29-18)8-9-25-23(28)20(16-5-2-1-3-6-16)26-22(27)19-7-4-12-31-19/h1-7,12-14,20H,8-11H2,(H,25,28)(H,26,27). The summed E-state index contributed by atoms with van der Waals surface area (Å²) < 4.78 is 11.1. The Balaban J connectivity index is 1.42. The molecule has 1 aliphatic heterocycles. The van der Waals surface area contributed by atoms with E-state index in [1.165, 1.54) is 11.3 Å². The van der Waals surface area contributed by atoms with Crippen LogP contribution in [0.15, 0.2) is 60.0 Å². The lowest BCUT2D eigenvalue weighted by Crippen LogP contribution is -2.40. The Morgan fingerprint density at radius 1 is 1.06 bits per heavy atom. The number of carbonyl (C=O) groups is 2. The predicted molar refractivity (Wildman–Crippen MR) is 120 cm³/mol. The molecule has 0 bridgehead atoms. The van der Waals surface area contributed by atoms with E-state index in [9.17, 15) is 9.59 Å². The van der Waals surface area contributed by atoms with Gasteiger partial charge in [-0.25, -0.2) is 0 Å². The lowest BCUT2D eigenvalue weighted by molar-refractivity contribution is -0.123. The highest BCUT2D eigenvalue weighted by atomic mass is 35.5. The van der Waals surface area contributed by atoms with Crippen molar-refractivity contribution in [3.63, 3.8) is 0 Å². The maximum atomic E-state index is 12.9. The first kappa shape index (κ1) is 21.2. The number of fused-ring (bicyclic) bond motifs is 1. The van der Waals surface area contributed by atoms with Crippen molar-refractivity contribution in [2.45, 2.75) is 12.5 Å². The lowest BCUT2D eigenvalue weighted by atomic mass is 10.1. The minimum Gasteiger partial charge on any atom is -0.486 e. The van der Waals surface area contributed by atoms with Crippen LogP contribution in [0.25, 0.3) is 0 Å². The molecule has 1 aliphatic rings. The molecule has 1 aromatic heterocycles. The summed E-state index contributed by atoms with van der Waals surface area (Å²) in [4.78, 5) is 26.0. The average Bonchev–Trinajstić information content (AvgIpc) is 3.33. The molecule has 1 atom stereocenters. The van der Waals surface area contributed by atoms with Crippen LogP contribution >= 0.6 is 22.9 Å². The number of thiophene rings is 1. The molecule has 8 heteroatoms. The minimum atomic E-state index is -0.792. The molecule has 0 aliphatic carbocycles. The van der Waals surface area contributed by atoms with E-state index in [2.05, 4.69) is 10.6 Å². The maximum absolute atomic E-state index is 12.9. The van der Waals surface area contributed by atoms with E-state index in [0.717, 1.165) is 5.56 Å². The fraction of sp³-hybridized carbons (Fsp3) is 0.217. The van der Waals surface area contributed by atoms with Crippen LogP contribution in [-0.4, -0.2) is 31.6 Å². The molecular weight excluding hydrogens is 436 g/mol. The Morgan fingerprint density at radius 3 is 2.65 bits per heavy atom. The maximum Gasteiger partial charge on any atom is 0.262 e. The van der Waals surface area contributed by atoms with Crippen LogP contribution in [-0.2, 0) is 11.2 Å². The van der Waals surface area contributed by atoms with E-state index < -0.39 is 6.04 Å². The smallest absolute Gasteiger partial charge is 0.262 e. The SMILES string of the molecule is O=C(NC(C(=O)NCCc1cc(Cl)c2c(c1)OCCO2)c1ccccc1)c1cccs1. The van der Waals surface area contributed by atoms with Crippen molar-refractivity contribution < 1.29 is 19.1 Å². The Morgan fingerprint density at radius 2 is 1.87 bits per heavy atom. The summed E-state index contributed by atoms with van der Waals surface area (Å²) in [5.74, 6) is 0.615. The topological polar surface area (TPSA) is 76.7 Å². The molecule has 2 aromatic carbocycles. The number of carbonyl (C=O) groups excluding carboxylic acids is 2. The molecule has 2 N–H and O–H groups in total. The second kappa shape index (κ2) is 9.85. The zero-order valence-electron chi connectivity index (χ0n) is 16.6. The minimum absolute atomic E-state index is 0.278. The van der Waals surface area contributed by atoms with Crippen LogP contribution in [0.2, 0.25) is 5.02 Å². The molecule has 1 unspecified atom stereocenters. The zero-order chi connectivity index (χ0) is 21.6. The zero-order valence-corrected chi connectivity index (χ0v) is 18.2. The molecule has 2 amide bonds. The molecule has 0 fully saturated rings. The number of benzene rings is 2. The number of hydrogen-bond donors (Lipinski definition) is 2. The van der Waals surface area contributed by atoms with Gasteiger partial charge in [0.1, 0.15) is 19.3 Å². The molecule has 6 nitrogen and oxygen atoms in total. The number of ether oxygens (including phenoxy) is 2. The Bertz CT molecular complexity index is 1060. The lowest BCUT2D eigenvalue weighted by Gasteiger charge is -2.21. The van der Waals surface area contributed by atoms with E-state index in [1.807, 2.05) is 47.8 Å². The normalized spacial score (nSPS) is 13.3. The summed E-state index contributed by atoms with van der Waals surface area (Å²) in [5, 5.41) is 8.06. The number of nitrogens with one attached hydrogen (secondary N) is 2. The van der Waals surface area contributed by atoms with Gasteiger partial charge in [-0.05, 0) is 41.1 Å². The third-order valence-electron chi connectivity index (χ3n) is 4.79. The molecule has 3 aromatic rings. The predicted octanol–water partition coefficient (Wildman–Crippen LogP) is 4.00. The number of hydrogen-bond acceptors (Lipinski definition) is 5. The average molecular weight is 457 g/mol. The fourth-order valence-corrected chi connectivity index (χ4v) is 4.21. The fourth-order valence-electron chi connectivity index (χ4n) is 3.30. The van der Waals surface area contributed by atoms with Gasteiger partial charge in [0.15, 0.2) is 11.5 Å². The molecule has 0 radical (unpaired) electrons. The summed E-state index contributed by atoms with van der Waals surface area (Å²) in [6, 6.07) is 15.6. The van der Waals surface area contributed by atoms with Gasteiger partial charge in [0, 0.05) is 6.54 Å². The van der Waals surface area contributed by atoms with Crippen LogP contribution in [0.5, 0.6) is 11.5 Å². The summed E-state index contributed by atoms with van der Waals surface area (Å²) in [7, 11) is 0. The molecule has 4 rings (SSSR count). The van der Waals surface area contributed by atoms with Gasteiger partial charge in [-0.3, -0.25) is 9.59 Å². The van der Waals surface area contributed by atoms with E-state index in [0.29, 0.717) is 53.1 Å². The highest BCUT2D eigenvalue weighted by Crippen LogP contribution is 2.38. The first-order chi connectivity index (χ1) is 15.1. The van der Waals surface area contributed by atoms with E-state index in [1.54, 1.807) is 12.1 Å².